The first-order valence-corrected chi connectivity index (χ1v) is 7.24. The molecule has 0 spiro atoms. The van der Waals surface area contributed by atoms with Gasteiger partial charge in [-0.05, 0) is 40.0 Å². The summed E-state index contributed by atoms with van der Waals surface area (Å²) >= 11 is 0. The van der Waals surface area contributed by atoms with Crippen LogP contribution < -0.4 is 0 Å². The predicted octanol–water partition coefficient (Wildman–Crippen LogP) is 1.76. The van der Waals surface area contributed by atoms with E-state index in [1.54, 1.807) is 4.90 Å². The second-order valence-electron chi connectivity index (χ2n) is 5.83. The average Bonchev–Trinajstić information content (AvgIpc) is 2.37. The van der Waals surface area contributed by atoms with Crippen molar-refractivity contribution in [1.82, 2.24) is 4.90 Å². The Labute approximate surface area is 121 Å². The fourth-order valence-electron chi connectivity index (χ4n) is 2.01. The van der Waals surface area contributed by atoms with Crippen LogP contribution in [0.25, 0.3) is 0 Å². The molecule has 1 saturated heterocycles. The molecule has 0 aromatic carbocycles. The van der Waals surface area contributed by atoms with Gasteiger partial charge in [0.2, 0.25) is 0 Å². The normalized spacial score (nSPS) is 20.0. The highest BCUT2D eigenvalue weighted by Crippen LogP contribution is 2.21. The standard InChI is InChI=1S/C14H27NO5/c1-14(2,3)20-13(17)15-7-5-4-6-12(15)19-11-10-18-9-8-16/h12,16H,4-11H2,1-3H3. The second-order valence-corrected chi connectivity index (χ2v) is 5.83. The highest BCUT2D eigenvalue weighted by Gasteiger charge is 2.30. The molecule has 1 unspecified atom stereocenters. The van der Waals surface area contributed by atoms with Gasteiger partial charge in [0, 0.05) is 6.54 Å². The van der Waals surface area contributed by atoms with E-state index >= 15 is 0 Å². The van der Waals surface area contributed by atoms with Gasteiger partial charge < -0.3 is 19.3 Å². The lowest BCUT2D eigenvalue weighted by Gasteiger charge is -2.36. The molecular weight excluding hydrogens is 262 g/mol. The van der Waals surface area contributed by atoms with Crippen LogP contribution in [-0.2, 0) is 14.2 Å². The summed E-state index contributed by atoms with van der Waals surface area (Å²) in [7, 11) is 0. The van der Waals surface area contributed by atoms with Crippen molar-refractivity contribution in [2.24, 2.45) is 0 Å². The van der Waals surface area contributed by atoms with Gasteiger partial charge in [-0.1, -0.05) is 0 Å². The van der Waals surface area contributed by atoms with Crippen LogP contribution in [0.2, 0.25) is 0 Å². The summed E-state index contributed by atoms with van der Waals surface area (Å²) < 4.78 is 16.2. The van der Waals surface area contributed by atoms with E-state index in [-0.39, 0.29) is 18.9 Å². The quantitative estimate of drug-likeness (QED) is 0.755. The number of amides is 1. The first-order valence-electron chi connectivity index (χ1n) is 7.24. The van der Waals surface area contributed by atoms with E-state index in [2.05, 4.69) is 0 Å². The Bertz CT molecular complexity index is 290. The molecule has 0 bridgehead atoms. The van der Waals surface area contributed by atoms with Crippen molar-refractivity contribution >= 4 is 6.09 Å². The van der Waals surface area contributed by atoms with E-state index in [1.165, 1.54) is 0 Å². The molecule has 1 rings (SSSR count). The molecule has 1 fully saturated rings. The van der Waals surface area contributed by atoms with Crippen LogP contribution in [-0.4, -0.2) is 60.9 Å². The minimum Gasteiger partial charge on any atom is -0.444 e. The van der Waals surface area contributed by atoms with Crippen LogP contribution >= 0.6 is 0 Å². The number of aliphatic hydroxyl groups excluding tert-OH is 1. The van der Waals surface area contributed by atoms with Crippen LogP contribution in [0.3, 0.4) is 0 Å². The molecule has 0 aliphatic carbocycles. The minimum atomic E-state index is -0.497. The molecule has 1 heterocycles. The van der Waals surface area contributed by atoms with Gasteiger partial charge in [-0.2, -0.15) is 0 Å². The molecule has 1 atom stereocenters. The molecular formula is C14H27NO5. The molecule has 0 aromatic heterocycles. The van der Waals surface area contributed by atoms with Crippen LogP contribution in [0.1, 0.15) is 40.0 Å². The van der Waals surface area contributed by atoms with Gasteiger partial charge in [0.05, 0.1) is 26.4 Å². The first kappa shape index (κ1) is 17.2. The zero-order chi connectivity index (χ0) is 15.0. The number of carbonyl (C=O) groups excluding carboxylic acids is 1. The first-order chi connectivity index (χ1) is 9.44. The number of hydrogen-bond donors (Lipinski definition) is 1. The summed E-state index contributed by atoms with van der Waals surface area (Å²) in [5.41, 5.74) is -0.497. The summed E-state index contributed by atoms with van der Waals surface area (Å²) in [5.74, 6) is 0. The van der Waals surface area contributed by atoms with Gasteiger partial charge in [-0.15, -0.1) is 0 Å². The molecule has 1 aliphatic heterocycles. The minimum absolute atomic E-state index is 0.00740. The lowest BCUT2D eigenvalue weighted by molar-refractivity contribution is -0.0952. The molecule has 20 heavy (non-hydrogen) atoms. The van der Waals surface area contributed by atoms with Crippen molar-refractivity contribution in [2.45, 2.75) is 51.9 Å². The van der Waals surface area contributed by atoms with E-state index in [0.29, 0.717) is 26.4 Å². The molecule has 0 saturated carbocycles. The van der Waals surface area contributed by atoms with E-state index in [4.69, 9.17) is 19.3 Å². The number of nitrogens with zero attached hydrogens (tertiary/aromatic N) is 1. The molecule has 6 heteroatoms. The fourth-order valence-corrected chi connectivity index (χ4v) is 2.01. The zero-order valence-corrected chi connectivity index (χ0v) is 12.8. The molecule has 1 N–H and O–H groups in total. The van der Waals surface area contributed by atoms with Gasteiger partial charge in [-0.25, -0.2) is 4.79 Å². The van der Waals surface area contributed by atoms with Gasteiger partial charge in [0.1, 0.15) is 11.8 Å². The van der Waals surface area contributed by atoms with Crippen molar-refractivity contribution in [2.75, 3.05) is 33.0 Å². The maximum absolute atomic E-state index is 12.1. The maximum atomic E-state index is 12.1. The summed E-state index contributed by atoms with van der Waals surface area (Å²) in [6, 6.07) is 0. The molecule has 0 radical (unpaired) electrons. The third-order valence-corrected chi connectivity index (χ3v) is 2.85. The highest BCUT2D eigenvalue weighted by molar-refractivity contribution is 5.68. The van der Waals surface area contributed by atoms with Gasteiger partial charge in [-0.3, -0.25) is 4.90 Å². The zero-order valence-electron chi connectivity index (χ0n) is 12.8. The van der Waals surface area contributed by atoms with E-state index < -0.39 is 5.60 Å². The topological polar surface area (TPSA) is 68.2 Å². The Morgan fingerprint density at radius 3 is 2.65 bits per heavy atom. The largest absolute Gasteiger partial charge is 0.444 e. The fraction of sp³-hybridized carbons (Fsp3) is 0.929. The Morgan fingerprint density at radius 1 is 1.25 bits per heavy atom. The Hall–Kier alpha value is -0.850. The molecule has 1 aliphatic rings. The third-order valence-electron chi connectivity index (χ3n) is 2.85. The van der Waals surface area contributed by atoms with Crippen LogP contribution in [0.4, 0.5) is 4.79 Å². The van der Waals surface area contributed by atoms with Crippen molar-refractivity contribution < 1.29 is 24.1 Å². The number of rotatable bonds is 6. The van der Waals surface area contributed by atoms with Gasteiger partial charge >= 0.3 is 6.09 Å². The number of ether oxygens (including phenoxy) is 3. The number of piperidine rings is 1. The molecule has 6 nitrogen and oxygen atoms in total. The van der Waals surface area contributed by atoms with Crippen molar-refractivity contribution in [3.05, 3.63) is 0 Å². The van der Waals surface area contributed by atoms with Crippen LogP contribution in [0.15, 0.2) is 0 Å². The maximum Gasteiger partial charge on any atom is 0.412 e. The molecule has 0 aromatic rings. The van der Waals surface area contributed by atoms with Gasteiger partial charge in [0.15, 0.2) is 0 Å². The van der Waals surface area contributed by atoms with Crippen LogP contribution in [0, 0.1) is 0 Å². The summed E-state index contributed by atoms with van der Waals surface area (Å²) in [4.78, 5) is 13.8. The third kappa shape index (κ3) is 6.54. The molecule has 118 valence electrons. The number of likely N-dealkylation sites (tertiary alicyclic amines) is 1. The smallest absolute Gasteiger partial charge is 0.412 e. The Kier molecular flexibility index (Phi) is 7.26. The SMILES string of the molecule is CC(C)(C)OC(=O)N1CCCCC1OCCOCCO. The van der Waals surface area contributed by atoms with E-state index in [1.807, 2.05) is 20.8 Å². The van der Waals surface area contributed by atoms with Crippen LogP contribution in [0.5, 0.6) is 0 Å². The summed E-state index contributed by atoms with van der Waals surface area (Å²) in [6.07, 6.45) is 2.27. The Morgan fingerprint density at radius 2 is 2.00 bits per heavy atom. The lowest BCUT2D eigenvalue weighted by Crippen LogP contribution is -2.47. The lowest BCUT2D eigenvalue weighted by atomic mass is 10.1. The van der Waals surface area contributed by atoms with Gasteiger partial charge in [0.25, 0.3) is 0 Å². The van der Waals surface area contributed by atoms with E-state index in [0.717, 1.165) is 19.3 Å². The Balaban J connectivity index is 2.39. The second kappa shape index (κ2) is 8.44. The average molecular weight is 289 g/mol. The van der Waals surface area contributed by atoms with Crippen molar-refractivity contribution in [1.29, 1.82) is 0 Å². The highest BCUT2D eigenvalue weighted by atomic mass is 16.6. The number of carbonyl (C=O) groups is 1. The monoisotopic (exact) mass is 289 g/mol. The summed E-state index contributed by atoms with van der Waals surface area (Å²) in [5, 5.41) is 8.60. The number of hydrogen-bond acceptors (Lipinski definition) is 5. The van der Waals surface area contributed by atoms with Crippen molar-refractivity contribution in [3.63, 3.8) is 0 Å². The number of aliphatic hydroxyl groups is 1. The summed E-state index contributed by atoms with van der Waals surface area (Å²) in [6.45, 7) is 7.37. The van der Waals surface area contributed by atoms with Crippen molar-refractivity contribution in [3.8, 4) is 0 Å². The van der Waals surface area contributed by atoms with E-state index in [9.17, 15) is 4.79 Å². The predicted molar refractivity (Wildman–Crippen MR) is 74.4 cm³/mol. The molecule has 1 amide bonds.